The van der Waals surface area contributed by atoms with Crippen LogP contribution in [0.5, 0.6) is 11.5 Å². The summed E-state index contributed by atoms with van der Waals surface area (Å²) in [5.41, 5.74) is 1.20. The molecule has 2 aromatic heterocycles. The Hall–Kier alpha value is -3.04. The van der Waals surface area contributed by atoms with Crippen molar-refractivity contribution < 1.29 is 19.0 Å². The SMILES string of the molecule is COCOc1cc(Br)c(C=O)cc1OCc1cnc(Nc2ccccn2)nc1. The molecule has 0 aliphatic rings. The highest BCUT2D eigenvalue weighted by molar-refractivity contribution is 9.10. The van der Waals surface area contributed by atoms with Crippen LogP contribution < -0.4 is 14.8 Å². The van der Waals surface area contributed by atoms with E-state index in [1.807, 2.05) is 18.2 Å². The third-order valence-corrected chi connectivity index (χ3v) is 4.21. The normalized spacial score (nSPS) is 10.4. The average Bonchev–Trinajstić information content (AvgIpc) is 2.73. The molecule has 0 atom stereocenters. The minimum atomic E-state index is 0.0558. The van der Waals surface area contributed by atoms with E-state index in [1.54, 1.807) is 30.7 Å². The van der Waals surface area contributed by atoms with Crippen LogP contribution in [0.3, 0.4) is 0 Å². The lowest BCUT2D eigenvalue weighted by atomic mass is 10.2. The summed E-state index contributed by atoms with van der Waals surface area (Å²) in [6, 6.07) is 8.77. The molecule has 3 rings (SSSR count). The maximum Gasteiger partial charge on any atom is 0.228 e. The second-order valence-electron chi connectivity index (χ2n) is 5.53. The van der Waals surface area contributed by atoms with Crippen molar-refractivity contribution in [3.63, 3.8) is 0 Å². The molecular weight excluding hydrogens is 428 g/mol. The Kier molecular flexibility index (Phi) is 6.88. The summed E-state index contributed by atoms with van der Waals surface area (Å²) in [4.78, 5) is 23.8. The van der Waals surface area contributed by atoms with Crippen molar-refractivity contribution in [2.45, 2.75) is 6.61 Å². The molecule has 1 N–H and O–H groups in total. The number of hydrogen-bond acceptors (Lipinski definition) is 8. The second kappa shape index (κ2) is 9.77. The molecule has 0 spiro atoms. The van der Waals surface area contributed by atoms with Crippen molar-refractivity contribution in [1.29, 1.82) is 0 Å². The van der Waals surface area contributed by atoms with Crippen LogP contribution in [-0.4, -0.2) is 35.1 Å². The standard InChI is InChI=1S/C19H17BrN4O4/c1-26-12-28-17-7-15(20)14(10-25)6-16(17)27-11-13-8-22-19(23-9-13)24-18-4-2-3-5-21-18/h2-10H,11-12H2,1H3,(H,21,22,23,24). The van der Waals surface area contributed by atoms with Gasteiger partial charge in [-0.2, -0.15) is 0 Å². The number of aromatic nitrogens is 3. The lowest BCUT2D eigenvalue weighted by Gasteiger charge is -2.14. The molecule has 0 unspecified atom stereocenters. The summed E-state index contributed by atoms with van der Waals surface area (Å²) in [6.07, 6.45) is 5.71. The third-order valence-electron chi connectivity index (χ3n) is 3.53. The van der Waals surface area contributed by atoms with Crippen LogP contribution in [0.2, 0.25) is 0 Å². The Bertz CT molecular complexity index is 923. The number of benzene rings is 1. The number of methoxy groups -OCH3 is 1. The fourth-order valence-electron chi connectivity index (χ4n) is 2.20. The number of hydrogen-bond donors (Lipinski definition) is 1. The van der Waals surface area contributed by atoms with Crippen LogP contribution in [0.1, 0.15) is 15.9 Å². The number of aldehydes is 1. The number of rotatable bonds is 9. The quantitative estimate of drug-likeness (QED) is 0.393. The lowest BCUT2D eigenvalue weighted by molar-refractivity contribution is 0.0483. The molecular formula is C19H17BrN4O4. The van der Waals surface area contributed by atoms with E-state index in [9.17, 15) is 4.79 Å². The smallest absolute Gasteiger partial charge is 0.228 e. The Labute approximate surface area is 170 Å². The molecule has 28 heavy (non-hydrogen) atoms. The predicted molar refractivity (Wildman–Crippen MR) is 106 cm³/mol. The molecule has 0 aliphatic carbocycles. The molecule has 0 saturated heterocycles. The zero-order valence-corrected chi connectivity index (χ0v) is 16.5. The average molecular weight is 445 g/mol. The minimum Gasteiger partial charge on any atom is -0.485 e. The van der Waals surface area contributed by atoms with Gasteiger partial charge in [0.25, 0.3) is 0 Å². The van der Waals surface area contributed by atoms with Crippen molar-refractivity contribution in [2.24, 2.45) is 0 Å². The molecule has 0 fully saturated rings. The van der Waals surface area contributed by atoms with Gasteiger partial charge in [-0.3, -0.25) is 4.79 Å². The van der Waals surface area contributed by atoms with Gasteiger partial charge in [-0.05, 0) is 40.2 Å². The summed E-state index contributed by atoms with van der Waals surface area (Å²) in [6.45, 7) is 0.257. The van der Waals surface area contributed by atoms with Crippen molar-refractivity contribution in [3.05, 3.63) is 64.5 Å². The van der Waals surface area contributed by atoms with E-state index >= 15 is 0 Å². The summed E-state index contributed by atoms with van der Waals surface area (Å²) in [7, 11) is 1.52. The molecule has 144 valence electrons. The zero-order valence-electron chi connectivity index (χ0n) is 15.0. The van der Waals surface area contributed by atoms with Gasteiger partial charge in [-0.1, -0.05) is 6.07 Å². The third kappa shape index (κ3) is 5.24. The summed E-state index contributed by atoms with van der Waals surface area (Å²) in [5, 5.41) is 3.01. The Balaban J connectivity index is 1.68. The molecule has 1 aromatic carbocycles. The summed E-state index contributed by atoms with van der Waals surface area (Å²) >= 11 is 3.32. The van der Waals surface area contributed by atoms with Gasteiger partial charge in [0.05, 0.1) is 0 Å². The number of carbonyl (C=O) groups is 1. The van der Waals surface area contributed by atoms with Gasteiger partial charge < -0.3 is 19.5 Å². The van der Waals surface area contributed by atoms with E-state index in [2.05, 4.69) is 36.2 Å². The van der Waals surface area contributed by atoms with Gasteiger partial charge in [0.2, 0.25) is 5.95 Å². The van der Waals surface area contributed by atoms with Gasteiger partial charge in [-0.25, -0.2) is 15.0 Å². The highest BCUT2D eigenvalue weighted by atomic mass is 79.9. The fourth-order valence-corrected chi connectivity index (χ4v) is 2.61. The second-order valence-corrected chi connectivity index (χ2v) is 6.39. The molecule has 2 heterocycles. The number of anilines is 2. The number of halogens is 1. The number of ether oxygens (including phenoxy) is 3. The lowest BCUT2D eigenvalue weighted by Crippen LogP contribution is -2.05. The molecule has 0 amide bonds. The molecule has 8 nitrogen and oxygen atoms in total. The fraction of sp³-hybridized carbons (Fsp3) is 0.158. The Morgan fingerprint density at radius 2 is 1.89 bits per heavy atom. The number of nitrogens with one attached hydrogen (secondary N) is 1. The summed E-state index contributed by atoms with van der Waals surface area (Å²) < 4.78 is 16.8. The summed E-state index contributed by atoms with van der Waals surface area (Å²) in [5.74, 6) is 1.95. The van der Waals surface area contributed by atoms with Crippen LogP contribution >= 0.6 is 15.9 Å². The minimum absolute atomic E-state index is 0.0558. The molecule has 0 saturated carbocycles. The van der Waals surface area contributed by atoms with Crippen molar-refractivity contribution in [1.82, 2.24) is 15.0 Å². The zero-order chi connectivity index (χ0) is 19.8. The number of carbonyl (C=O) groups excluding carboxylic acids is 1. The Morgan fingerprint density at radius 3 is 2.57 bits per heavy atom. The van der Waals surface area contributed by atoms with Crippen LogP contribution in [0.4, 0.5) is 11.8 Å². The van der Waals surface area contributed by atoms with Gasteiger partial charge >= 0.3 is 0 Å². The highest BCUT2D eigenvalue weighted by Gasteiger charge is 2.11. The van der Waals surface area contributed by atoms with E-state index in [-0.39, 0.29) is 13.4 Å². The monoisotopic (exact) mass is 444 g/mol. The topological polar surface area (TPSA) is 95.5 Å². The Morgan fingerprint density at radius 1 is 1.11 bits per heavy atom. The van der Waals surface area contributed by atoms with Crippen molar-refractivity contribution in [2.75, 3.05) is 19.2 Å². The van der Waals surface area contributed by atoms with Crippen LogP contribution in [-0.2, 0) is 11.3 Å². The van der Waals surface area contributed by atoms with E-state index in [1.165, 1.54) is 7.11 Å². The van der Waals surface area contributed by atoms with E-state index in [4.69, 9.17) is 14.2 Å². The van der Waals surface area contributed by atoms with Gasteiger partial charge in [0, 0.05) is 41.3 Å². The first kappa shape index (κ1) is 19.7. The highest BCUT2D eigenvalue weighted by Crippen LogP contribution is 2.33. The van der Waals surface area contributed by atoms with Gasteiger partial charge in [0.15, 0.2) is 24.6 Å². The van der Waals surface area contributed by atoms with E-state index < -0.39 is 0 Å². The first-order valence-electron chi connectivity index (χ1n) is 8.22. The van der Waals surface area contributed by atoms with Gasteiger partial charge in [-0.15, -0.1) is 0 Å². The molecule has 0 radical (unpaired) electrons. The van der Waals surface area contributed by atoms with E-state index in [0.717, 1.165) is 11.8 Å². The first-order valence-corrected chi connectivity index (χ1v) is 9.01. The number of nitrogens with zero attached hydrogens (tertiary/aromatic N) is 3. The number of pyridine rings is 1. The van der Waals surface area contributed by atoms with Gasteiger partial charge in [0.1, 0.15) is 12.4 Å². The maximum absolute atomic E-state index is 11.2. The largest absolute Gasteiger partial charge is 0.485 e. The van der Waals surface area contributed by atoms with Crippen molar-refractivity contribution in [3.8, 4) is 11.5 Å². The van der Waals surface area contributed by atoms with Crippen LogP contribution in [0.15, 0.2) is 53.4 Å². The van der Waals surface area contributed by atoms with Crippen LogP contribution in [0.25, 0.3) is 0 Å². The van der Waals surface area contributed by atoms with Crippen LogP contribution in [0, 0.1) is 0 Å². The predicted octanol–water partition coefficient (Wildman–Crippen LogP) is 3.75. The first-order chi connectivity index (χ1) is 13.7. The molecule has 0 bridgehead atoms. The van der Waals surface area contributed by atoms with Crippen molar-refractivity contribution >= 4 is 34.0 Å². The molecule has 0 aliphatic heterocycles. The van der Waals surface area contributed by atoms with E-state index in [0.29, 0.717) is 33.3 Å². The molecule has 9 heteroatoms. The molecule has 3 aromatic rings. The maximum atomic E-state index is 11.2.